The zero-order valence-corrected chi connectivity index (χ0v) is 13.0. The van der Waals surface area contributed by atoms with Crippen molar-refractivity contribution >= 4 is 11.6 Å². The van der Waals surface area contributed by atoms with Crippen LogP contribution in [0.2, 0.25) is 0 Å². The smallest absolute Gasteiger partial charge is 0.251 e. The molecule has 5 nitrogen and oxygen atoms in total. The van der Waals surface area contributed by atoms with E-state index in [1.165, 1.54) is 0 Å². The zero-order chi connectivity index (χ0) is 16.1. The van der Waals surface area contributed by atoms with Gasteiger partial charge in [0.05, 0.1) is 5.69 Å². The molecule has 0 saturated heterocycles. The number of benzene rings is 1. The number of aromatic nitrogens is 2. The number of rotatable bonds is 6. The minimum Gasteiger partial charge on any atom is -0.487 e. The highest BCUT2D eigenvalue weighted by Crippen LogP contribution is 2.15. The molecule has 2 aromatic heterocycles. The first-order valence-corrected chi connectivity index (χ1v) is 7.70. The molecule has 0 aliphatic heterocycles. The fourth-order valence-corrected chi connectivity index (χ4v) is 2.28. The van der Waals surface area contributed by atoms with E-state index in [1.807, 2.05) is 54.0 Å². The molecule has 2 heterocycles. The van der Waals surface area contributed by atoms with Gasteiger partial charge in [0.15, 0.2) is 0 Å². The minimum atomic E-state index is -0.0787. The highest BCUT2D eigenvalue weighted by molar-refractivity contribution is 5.94. The molecule has 1 N–H and O–H groups in total. The second-order valence-electron chi connectivity index (χ2n) is 5.27. The minimum absolute atomic E-state index is 0.0787. The number of ether oxygens (including phenoxy) is 1. The summed E-state index contributed by atoms with van der Waals surface area (Å²) < 4.78 is 7.71. The summed E-state index contributed by atoms with van der Waals surface area (Å²) in [5, 5.41) is 2.86. The van der Waals surface area contributed by atoms with Gasteiger partial charge in [0.2, 0.25) is 0 Å². The van der Waals surface area contributed by atoms with Crippen LogP contribution in [0, 0.1) is 0 Å². The number of imidazole rings is 1. The van der Waals surface area contributed by atoms with Crippen LogP contribution < -0.4 is 10.1 Å². The van der Waals surface area contributed by atoms with E-state index in [2.05, 4.69) is 10.3 Å². The molecule has 1 amide bonds. The summed E-state index contributed by atoms with van der Waals surface area (Å²) in [6.07, 6.45) is 4.80. The van der Waals surface area contributed by atoms with Gasteiger partial charge in [0, 0.05) is 24.5 Å². The van der Waals surface area contributed by atoms with Crippen molar-refractivity contribution in [1.29, 1.82) is 0 Å². The summed E-state index contributed by atoms with van der Waals surface area (Å²) >= 11 is 0. The second kappa shape index (κ2) is 6.96. The summed E-state index contributed by atoms with van der Waals surface area (Å²) in [6.45, 7) is 3.06. The fraction of sp³-hybridized carbons (Fsp3) is 0.222. The first-order valence-electron chi connectivity index (χ1n) is 7.70. The van der Waals surface area contributed by atoms with Gasteiger partial charge in [0.1, 0.15) is 18.0 Å². The number of nitrogens with zero attached hydrogens (tertiary/aromatic N) is 2. The fourth-order valence-electron chi connectivity index (χ4n) is 2.28. The molecule has 118 valence electrons. The van der Waals surface area contributed by atoms with Crippen LogP contribution in [0.1, 0.15) is 29.4 Å². The number of carbonyl (C=O) groups is 1. The Morgan fingerprint density at radius 3 is 3.00 bits per heavy atom. The monoisotopic (exact) mass is 309 g/mol. The standard InChI is InChI=1S/C18H19N3O2/c1-2-9-19-18(22)14-6-5-7-16(11-14)23-13-15-12-21-10-4-3-8-17(21)20-15/h3-8,10-12H,2,9,13H2,1H3,(H,19,22). The third-order valence-electron chi connectivity index (χ3n) is 3.43. The van der Waals surface area contributed by atoms with E-state index >= 15 is 0 Å². The second-order valence-corrected chi connectivity index (χ2v) is 5.27. The molecule has 0 spiro atoms. The van der Waals surface area contributed by atoms with Crippen LogP contribution in [-0.4, -0.2) is 21.8 Å². The van der Waals surface area contributed by atoms with Gasteiger partial charge in [-0.05, 0) is 36.8 Å². The van der Waals surface area contributed by atoms with Gasteiger partial charge >= 0.3 is 0 Å². The predicted octanol–water partition coefficient (Wildman–Crippen LogP) is 3.05. The van der Waals surface area contributed by atoms with Crippen molar-refractivity contribution < 1.29 is 9.53 Å². The highest BCUT2D eigenvalue weighted by Gasteiger charge is 2.07. The Labute approximate surface area is 134 Å². The van der Waals surface area contributed by atoms with Crippen molar-refractivity contribution in [2.75, 3.05) is 6.54 Å². The number of amides is 1. The molecule has 0 aliphatic rings. The van der Waals surface area contributed by atoms with Gasteiger partial charge in [0.25, 0.3) is 5.91 Å². The Bertz CT molecular complexity index is 778. The molecule has 0 fully saturated rings. The molecule has 0 radical (unpaired) electrons. The summed E-state index contributed by atoms with van der Waals surface area (Å²) in [5.74, 6) is 0.580. The first kappa shape index (κ1) is 15.1. The molecule has 0 unspecified atom stereocenters. The SMILES string of the molecule is CCCNC(=O)c1cccc(OCc2cn3ccccc3n2)c1. The molecule has 3 rings (SSSR count). The molecule has 3 aromatic rings. The van der Waals surface area contributed by atoms with Crippen molar-refractivity contribution in [2.24, 2.45) is 0 Å². The quantitative estimate of drug-likeness (QED) is 0.761. The molecule has 0 saturated carbocycles. The highest BCUT2D eigenvalue weighted by atomic mass is 16.5. The Balaban J connectivity index is 1.67. The maximum Gasteiger partial charge on any atom is 0.251 e. The number of hydrogen-bond donors (Lipinski definition) is 1. The van der Waals surface area contributed by atoms with Gasteiger partial charge in [-0.2, -0.15) is 0 Å². The Morgan fingerprint density at radius 1 is 1.26 bits per heavy atom. The molecular weight excluding hydrogens is 290 g/mol. The normalized spacial score (nSPS) is 10.7. The molecule has 0 bridgehead atoms. The van der Waals surface area contributed by atoms with Crippen molar-refractivity contribution in [3.8, 4) is 5.75 Å². The van der Waals surface area contributed by atoms with Gasteiger partial charge in [-0.25, -0.2) is 4.98 Å². The van der Waals surface area contributed by atoms with Crippen molar-refractivity contribution in [2.45, 2.75) is 20.0 Å². The van der Waals surface area contributed by atoms with E-state index < -0.39 is 0 Å². The molecule has 23 heavy (non-hydrogen) atoms. The maximum absolute atomic E-state index is 12.0. The van der Waals surface area contributed by atoms with Crippen LogP contribution in [0.15, 0.2) is 54.9 Å². The van der Waals surface area contributed by atoms with Crippen molar-refractivity contribution in [3.63, 3.8) is 0 Å². The molecule has 0 aliphatic carbocycles. The molecule has 1 aromatic carbocycles. The predicted molar refractivity (Wildman–Crippen MR) is 88.6 cm³/mol. The van der Waals surface area contributed by atoms with E-state index in [-0.39, 0.29) is 5.91 Å². The van der Waals surface area contributed by atoms with Crippen LogP contribution in [0.4, 0.5) is 0 Å². The molecule has 5 heteroatoms. The van der Waals surface area contributed by atoms with Crippen LogP contribution in [0.3, 0.4) is 0 Å². The van der Waals surface area contributed by atoms with Crippen LogP contribution in [-0.2, 0) is 6.61 Å². The van der Waals surface area contributed by atoms with Crippen molar-refractivity contribution in [1.82, 2.24) is 14.7 Å². The Kier molecular flexibility index (Phi) is 4.57. The molecular formula is C18H19N3O2. The van der Waals surface area contributed by atoms with Crippen molar-refractivity contribution in [3.05, 3.63) is 66.1 Å². The third kappa shape index (κ3) is 3.69. The zero-order valence-electron chi connectivity index (χ0n) is 13.0. The van der Waals surface area contributed by atoms with E-state index in [1.54, 1.807) is 12.1 Å². The van der Waals surface area contributed by atoms with Gasteiger partial charge in [-0.15, -0.1) is 0 Å². The lowest BCUT2D eigenvalue weighted by Crippen LogP contribution is -2.23. The first-order chi connectivity index (χ1) is 11.3. The topological polar surface area (TPSA) is 55.6 Å². The summed E-state index contributed by atoms with van der Waals surface area (Å²) in [6, 6.07) is 13.0. The Morgan fingerprint density at radius 2 is 2.17 bits per heavy atom. The van der Waals surface area contributed by atoms with Crippen LogP contribution >= 0.6 is 0 Å². The summed E-state index contributed by atoms with van der Waals surface area (Å²) in [7, 11) is 0. The lowest BCUT2D eigenvalue weighted by Gasteiger charge is -2.07. The largest absolute Gasteiger partial charge is 0.487 e. The average Bonchev–Trinajstić information content (AvgIpc) is 3.01. The van der Waals surface area contributed by atoms with Crippen LogP contribution in [0.5, 0.6) is 5.75 Å². The summed E-state index contributed by atoms with van der Waals surface area (Å²) in [4.78, 5) is 16.4. The van der Waals surface area contributed by atoms with E-state index in [9.17, 15) is 4.79 Å². The van der Waals surface area contributed by atoms with E-state index in [0.717, 1.165) is 17.8 Å². The lowest BCUT2D eigenvalue weighted by atomic mass is 10.2. The number of hydrogen-bond acceptors (Lipinski definition) is 3. The summed E-state index contributed by atoms with van der Waals surface area (Å²) in [5.41, 5.74) is 2.33. The van der Waals surface area contributed by atoms with Crippen LogP contribution in [0.25, 0.3) is 5.65 Å². The average molecular weight is 309 g/mol. The maximum atomic E-state index is 12.0. The third-order valence-corrected chi connectivity index (χ3v) is 3.43. The van der Waals surface area contributed by atoms with E-state index in [0.29, 0.717) is 24.5 Å². The number of carbonyl (C=O) groups excluding carboxylic acids is 1. The molecule has 0 atom stereocenters. The number of fused-ring (bicyclic) bond motifs is 1. The van der Waals surface area contributed by atoms with Gasteiger partial charge in [-0.1, -0.05) is 19.1 Å². The lowest BCUT2D eigenvalue weighted by molar-refractivity contribution is 0.0953. The van der Waals surface area contributed by atoms with Gasteiger partial charge in [-0.3, -0.25) is 4.79 Å². The number of nitrogens with one attached hydrogen (secondary N) is 1. The van der Waals surface area contributed by atoms with Gasteiger partial charge < -0.3 is 14.5 Å². The van der Waals surface area contributed by atoms with E-state index in [4.69, 9.17) is 4.74 Å². The Hall–Kier alpha value is -2.82. The number of pyridine rings is 1.